The van der Waals surface area contributed by atoms with Gasteiger partial charge in [0, 0.05) is 12.6 Å². The zero-order valence-electron chi connectivity index (χ0n) is 11.7. The predicted molar refractivity (Wildman–Crippen MR) is 77.5 cm³/mol. The molecule has 4 nitrogen and oxygen atoms in total. The Morgan fingerprint density at radius 1 is 1.35 bits per heavy atom. The molecule has 0 amide bonds. The van der Waals surface area contributed by atoms with Crippen LogP contribution in [0.1, 0.15) is 24.5 Å². The van der Waals surface area contributed by atoms with E-state index in [1.807, 2.05) is 6.92 Å². The van der Waals surface area contributed by atoms with Crippen LogP contribution < -0.4 is 10.9 Å². The summed E-state index contributed by atoms with van der Waals surface area (Å²) in [6.45, 7) is 5.03. The van der Waals surface area contributed by atoms with E-state index in [1.54, 1.807) is 12.3 Å². The molecule has 0 atom stereocenters. The van der Waals surface area contributed by atoms with Crippen molar-refractivity contribution in [3.05, 3.63) is 57.8 Å². The lowest BCUT2D eigenvalue weighted by Crippen LogP contribution is -2.23. The van der Waals surface area contributed by atoms with E-state index in [2.05, 4.69) is 17.3 Å². The monoisotopic (exact) mass is 275 g/mol. The Morgan fingerprint density at radius 3 is 2.80 bits per heavy atom. The molecule has 2 rings (SSSR count). The highest BCUT2D eigenvalue weighted by Gasteiger charge is 2.04. The third-order valence-electron chi connectivity index (χ3n) is 3.07. The normalized spacial score (nSPS) is 10.6. The van der Waals surface area contributed by atoms with Gasteiger partial charge in [-0.2, -0.15) is 5.10 Å². The summed E-state index contributed by atoms with van der Waals surface area (Å²) in [6, 6.07) is 6.06. The van der Waals surface area contributed by atoms with Crippen LogP contribution in [0.15, 0.2) is 35.3 Å². The lowest BCUT2D eigenvalue weighted by Gasteiger charge is -2.09. The molecule has 20 heavy (non-hydrogen) atoms. The Labute approximate surface area is 117 Å². The van der Waals surface area contributed by atoms with Crippen molar-refractivity contribution in [2.45, 2.75) is 26.8 Å². The maximum atomic E-state index is 13.0. The maximum Gasteiger partial charge on any atom is 0.269 e. The molecule has 0 bridgehead atoms. The molecule has 5 heteroatoms. The molecule has 0 spiro atoms. The summed E-state index contributed by atoms with van der Waals surface area (Å²) >= 11 is 0. The highest BCUT2D eigenvalue weighted by atomic mass is 19.1. The van der Waals surface area contributed by atoms with E-state index in [-0.39, 0.29) is 11.4 Å². The van der Waals surface area contributed by atoms with Crippen LogP contribution in [0.5, 0.6) is 0 Å². The summed E-state index contributed by atoms with van der Waals surface area (Å²) in [7, 11) is 0. The largest absolute Gasteiger partial charge is 0.384 e. The molecule has 2 aromatic rings. The van der Waals surface area contributed by atoms with Crippen molar-refractivity contribution >= 4 is 5.69 Å². The Kier molecular flexibility index (Phi) is 4.50. The standard InChI is InChI=1S/C15H18FN3O/c1-3-6-17-14-8-15(20)19(18-9-14)10-12-4-5-13(16)7-11(12)2/h4-5,7-9,17H,3,6,10H2,1-2H3. The number of rotatable bonds is 5. The first-order valence-corrected chi connectivity index (χ1v) is 6.66. The highest BCUT2D eigenvalue weighted by molar-refractivity contribution is 5.38. The fourth-order valence-electron chi connectivity index (χ4n) is 1.92. The van der Waals surface area contributed by atoms with Crippen LogP contribution in [0, 0.1) is 12.7 Å². The molecular weight excluding hydrogens is 257 g/mol. The van der Waals surface area contributed by atoms with Crippen LogP contribution in [0.4, 0.5) is 10.1 Å². The number of nitrogens with zero attached hydrogens (tertiary/aromatic N) is 2. The van der Waals surface area contributed by atoms with Crippen molar-refractivity contribution in [3.63, 3.8) is 0 Å². The molecule has 1 N–H and O–H groups in total. The van der Waals surface area contributed by atoms with E-state index < -0.39 is 0 Å². The van der Waals surface area contributed by atoms with Gasteiger partial charge in [-0.25, -0.2) is 9.07 Å². The smallest absolute Gasteiger partial charge is 0.269 e. The predicted octanol–water partition coefficient (Wildman–Crippen LogP) is 2.56. The number of benzene rings is 1. The molecule has 0 unspecified atom stereocenters. The Balaban J connectivity index is 2.19. The minimum atomic E-state index is -0.273. The minimum absolute atomic E-state index is 0.171. The molecule has 0 aliphatic carbocycles. The average Bonchev–Trinajstić information content (AvgIpc) is 2.42. The van der Waals surface area contributed by atoms with Gasteiger partial charge < -0.3 is 5.32 Å². The number of aromatic nitrogens is 2. The third kappa shape index (κ3) is 3.44. The van der Waals surface area contributed by atoms with Gasteiger partial charge in [-0.1, -0.05) is 13.0 Å². The van der Waals surface area contributed by atoms with Crippen molar-refractivity contribution in [2.24, 2.45) is 0 Å². The van der Waals surface area contributed by atoms with Crippen LogP contribution in [-0.4, -0.2) is 16.3 Å². The van der Waals surface area contributed by atoms with Crippen LogP contribution in [0.3, 0.4) is 0 Å². The number of halogens is 1. The third-order valence-corrected chi connectivity index (χ3v) is 3.07. The van der Waals surface area contributed by atoms with Gasteiger partial charge in [-0.05, 0) is 36.6 Å². The van der Waals surface area contributed by atoms with Crippen molar-refractivity contribution < 1.29 is 4.39 Å². The van der Waals surface area contributed by atoms with E-state index in [1.165, 1.54) is 22.9 Å². The quantitative estimate of drug-likeness (QED) is 0.912. The summed E-state index contributed by atoms with van der Waals surface area (Å²) < 4.78 is 14.4. The molecule has 0 aliphatic rings. The zero-order valence-corrected chi connectivity index (χ0v) is 11.7. The van der Waals surface area contributed by atoms with Gasteiger partial charge in [-0.15, -0.1) is 0 Å². The minimum Gasteiger partial charge on any atom is -0.384 e. The van der Waals surface area contributed by atoms with Gasteiger partial charge in [0.25, 0.3) is 5.56 Å². The summed E-state index contributed by atoms with van der Waals surface area (Å²) in [5.74, 6) is -0.273. The lowest BCUT2D eigenvalue weighted by molar-refractivity contribution is 0.616. The number of nitrogens with one attached hydrogen (secondary N) is 1. The van der Waals surface area contributed by atoms with Gasteiger partial charge in [0.1, 0.15) is 5.82 Å². The Morgan fingerprint density at radius 2 is 2.15 bits per heavy atom. The van der Waals surface area contributed by atoms with E-state index in [0.29, 0.717) is 6.54 Å². The Hall–Kier alpha value is -2.17. The summed E-state index contributed by atoms with van der Waals surface area (Å²) in [5.41, 5.74) is 2.25. The number of aryl methyl sites for hydroxylation is 1. The highest BCUT2D eigenvalue weighted by Crippen LogP contribution is 2.11. The summed E-state index contributed by atoms with van der Waals surface area (Å²) in [5, 5.41) is 7.26. The van der Waals surface area contributed by atoms with Crippen LogP contribution in [0.25, 0.3) is 0 Å². The molecule has 1 aromatic carbocycles. The topological polar surface area (TPSA) is 46.9 Å². The first-order valence-electron chi connectivity index (χ1n) is 6.66. The van der Waals surface area contributed by atoms with E-state index in [0.717, 1.165) is 29.8 Å². The molecule has 0 fully saturated rings. The van der Waals surface area contributed by atoms with Gasteiger partial charge in [0.15, 0.2) is 0 Å². The second kappa shape index (κ2) is 6.32. The fourth-order valence-corrected chi connectivity index (χ4v) is 1.92. The van der Waals surface area contributed by atoms with E-state index >= 15 is 0 Å². The maximum absolute atomic E-state index is 13.0. The van der Waals surface area contributed by atoms with Crippen molar-refractivity contribution in [2.75, 3.05) is 11.9 Å². The molecular formula is C15H18FN3O. The Bertz CT molecular complexity index is 652. The van der Waals surface area contributed by atoms with Crippen LogP contribution >= 0.6 is 0 Å². The van der Waals surface area contributed by atoms with Crippen molar-refractivity contribution in [3.8, 4) is 0 Å². The molecule has 0 saturated heterocycles. The lowest BCUT2D eigenvalue weighted by atomic mass is 10.1. The van der Waals surface area contributed by atoms with E-state index in [4.69, 9.17) is 0 Å². The van der Waals surface area contributed by atoms with Crippen LogP contribution in [0.2, 0.25) is 0 Å². The molecule has 106 valence electrons. The molecule has 0 radical (unpaired) electrons. The second-order valence-electron chi connectivity index (χ2n) is 4.74. The first-order chi connectivity index (χ1) is 9.60. The zero-order chi connectivity index (χ0) is 14.5. The molecule has 1 heterocycles. The SMILES string of the molecule is CCCNc1cnn(Cc2ccc(F)cc2C)c(=O)c1. The number of hydrogen-bond donors (Lipinski definition) is 1. The first kappa shape index (κ1) is 14.2. The second-order valence-corrected chi connectivity index (χ2v) is 4.74. The van der Waals surface area contributed by atoms with E-state index in [9.17, 15) is 9.18 Å². The molecule has 1 aromatic heterocycles. The average molecular weight is 275 g/mol. The fraction of sp³-hybridized carbons (Fsp3) is 0.333. The van der Waals surface area contributed by atoms with Crippen molar-refractivity contribution in [1.82, 2.24) is 9.78 Å². The molecule has 0 aliphatic heterocycles. The number of anilines is 1. The van der Waals surface area contributed by atoms with Gasteiger partial charge in [-0.3, -0.25) is 4.79 Å². The van der Waals surface area contributed by atoms with Gasteiger partial charge >= 0.3 is 0 Å². The van der Waals surface area contributed by atoms with Crippen molar-refractivity contribution in [1.29, 1.82) is 0 Å². The number of hydrogen-bond acceptors (Lipinski definition) is 3. The van der Waals surface area contributed by atoms with Gasteiger partial charge in [0.2, 0.25) is 0 Å². The van der Waals surface area contributed by atoms with Gasteiger partial charge in [0.05, 0.1) is 18.4 Å². The summed E-state index contributed by atoms with van der Waals surface area (Å²) in [4.78, 5) is 12.0. The summed E-state index contributed by atoms with van der Waals surface area (Å²) in [6.07, 6.45) is 2.62. The van der Waals surface area contributed by atoms with Crippen LogP contribution in [-0.2, 0) is 6.54 Å². The molecule has 0 saturated carbocycles.